The molecule has 1 aromatic rings. The molecule has 0 aromatic carbocycles. The second-order valence-corrected chi connectivity index (χ2v) is 6.32. The minimum atomic E-state index is -0.918. The first-order chi connectivity index (χ1) is 9.29. The molecule has 0 unspecified atom stereocenters. The van der Waals surface area contributed by atoms with Crippen LogP contribution in [0, 0.1) is 12.3 Å². The maximum Gasteiger partial charge on any atom is 0.339 e. The Morgan fingerprint density at radius 3 is 2.60 bits per heavy atom. The minimum Gasteiger partial charge on any atom is -0.478 e. The molecule has 1 aliphatic rings. The van der Waals surface area contributed by atoms with Crippen LogP contribution in [0.1, 0.15) is 43.2 Å². The average molecular weight is 274 g/mol. The van der Waals surface area contributed by atoms with E-state index in [4.69, 9.17) is 0 Å². The number of rotatable bonds is 2. The van der Waals surface area contributed by atoms with E-state index >= 15 is 0 Å². The van der Waals surface area contributed by atoms with E-state index in [9.17, 15) is 9.90 Å². The molecular formula is C16H22N2O2. The summed E-state index contributed by atoms with van der Waals surface area (Å²) in [6.07, 6.45) is 4.66. The quantitative estimate of drug-likeness (QED) is 0.841. The monoisotopic (exact) mass is 274 g/mol. The summed E-state index contributed by atoms with van der Waals surface area (Å²) in [4.78, 5) is 17.5. The Morgan fingerprint density at radius 1 is 1.40 bits per heavy atom. The predicted octanol–water partition coefficient (Wildman–Crippen LogP) is 3.27. The number of anilines is 1. The first-order valence-electron chi connectivity index (χ1n) is 6.93. The Labute approximate surface area is 120 Å². The van der Waals surface area contributed by atoms with E-state index in [0.29, 0.717) is 0 Å². The van der Waals surface area contributed by atoms with Crippen LogP contribution in [0.4, 0.5) is 5.69 Å². The van der Waals surface area contributed by atoms with Gasteiger partial charge in [-0.05, 0) is 24.8 Å². The summed E-state index contributed by atoms with van der Waals surface area (Å²) in [5, 5.41) is 9.29. The van der Waals surface area contributed by atoms with E-state index in [1.54, 1.807) is 0 Å². The fourth-order valence-electron chi connectivity index (χ4n) is 2.54. The molecule has 2 heterocycles. The highest BCUT2D eigenvalue weighted by atomic mass is 16.4. The molecule has 0 amide bonds. The highest BCUT2D eigenvalue weighted by Gasteiger charge is 2.23. The van der Waals surface area contributed by atoms with Crippen LogP contribution < -0.4 is 4.90 Å². The Morgan fingerprint density at radius 2 is 2.10 bits per heavy atom. The molecule has 0 aliphatic carbocycles. The summed E-state index contributed by atoms with van der Waals surface area (Å²) in [6, 6.07) is 1.86. The summed E-state index contributed by atoms with van der Waals surface area (Å²) in [5.74, 6) is -0.918. The number of carboxylic acids is 1. The third kappa shape index (κ3) is 3.00. The number of aromatic nitrogens is 1. The van der Waals surface area contributed by atoms with Crippen molar-refractivity contribution in [3.8, 4) is 0 Å². The highest BCUT2D eigenvalue weighted by Crippen LogP contribution is 2.32. The fraction of sp³-hybridized carbons (Fsp3) is 0.500. The molecule has 0 saturated heterocycles. The first-order valence-corrected chi connectivity index (χ1v) is 6.93. The van der Waals surface area contributed by atoms with Crippen molar-refractivity contribution in [1.82, 2.24) is 4.98 Å². The maximum atomic E-state index is 11.3. The van der Waals surface area contributed by atoms with E-state index in [-0.39, 0.29) is 11.0 Å². The largest absolute Gasteiger partial charge is 0.478 e. The molecule has 1 aliphatic heterocycles. The van der Waals surface area contributed by atoms with Crippen molar-refractivity contribution < 1.29 is 9.90 Å². The number of hydrogen-bond acceptors (Lipinski definition) is 3. The lowest BCUT2D eigenvalue weighted by atomic mass is 9.83. The molecule has 108 valence electrons. The van der Waals surface area contributed by atoms with Crippen LogP contribution >= 0.6 is 0 Å². The summed E-state index contributed by atoms with van der Waals surface area (Å²) in [7, 11) is 0. The number of carbonyl (C=O) groups is 1. The lowest BCUT2D eigenvalue weighted by molar-refractivity contribution is 0.0697. The Kier molecular flexibility index (Phi) is 3.84. The Bertz CT molecular complexity index is 556. The van der Waals surface area contributed by atoms with Gasteiger partial charge in [-0.25, -0.2) is 4.79 Å². The van der Waals surface area contributed by atoms with Crippen molar-refractivity contribution in [2.75, 3.05) is 18.0 Å². The molecule has 0 bridgehead atoms. The fourth-order valence-corrected chi connectivity index (χ4v) is 2.54. The first kappa shape index (κ1) is 14.6. The second-order valence-electron chi connectivity index (χ2n) is 6.32. The molecule has 1 aromatic heterocycles. The van der Waals surface area contributed by atoms with Crippen LogP contribution in [0.2, 0.25) is 0 Å². The van der Waals surface area contributed by atoms with Gasteiger partial charge < -0.3 is 10.0 Å². The van der Waals surface area contributed by atoms with Crippen molar-refractivity contribution >= 4 is 11.7 Å². The SMILES string of the molecule is Cc1cc(N2CC=C(C(C)(C)C)CC2)c(C(=O)O)cn1. The van der Waals surface area contributed by atoms with Crippen LogP contribution in [0.25, 0.3) is 0 Å². The number of hydrogen-bond donors (Lipinski definition) is 1. The molecule has 0 atom stereocenters. The zero-order valence-electron chi connectivity index (χ0n) is 12.6. The average Bonchev–Trinajstić information content (AvgIpc) is 2.37. The van der Waals surface area contributed by atoms with Crippen molar-refractivity contribution in [2.45, 2.75) is 34.1 Å². The van der Waals surface area contributed by atoms with E-state index in [2.05, 4.69) is 36.7 Å². The summed E-state index contributed by atoms with van der Waals surface area (Å²) in [5.41, 5.74) is 3.53. The van der Waals surface area contributed by atoms with E-state index in [1.807, 2.05) is 13.0 Å². The maximum absolute atomic E-state index is 11.3. The third-order valence-corrected chi connectivity index (χ3v) is 3.76. The van der Waals surface area contributed by atoms with Gasteiger partial charge in [0, 0.05) is 25.0 Å². The van der Waals surface area contributed by atoms with Gasteiger partial charge in [-0.1, -0.05) is 32.4 Å². The number of pyridine rings is 1. The smallest absolute Gasteiger partial charge is 0.339 e. The topological polar surface area (TPSA) is 53.4 Å². The van der Waals surface area contributed by atoms with E-state index in [0.717, 1.165) is 30.9 Å². The van der Waals surface area contributed by atoms with Crippen molar-refractivity contribution in [3.63, 3.8) is 0 Å². The van der Waals surface area contributed by atoms with Crippen LogP contribution in [0.5, 0.6) is 0 Å². The normalized spacial score (nSPS) is 16.0. The number of aryl methyl sites for hydroxylation is 1. The molecule has 0 radical (unpaired) electrons. The number of carboxylic acid groups (broad SMARTS) is 1. The lowest BCUT2D eigenvalue weighted by Gasteiger charge is -2.34. The van der Waals surface area contributed by atoms with Gasteiger partial charge in [0.25, 0.3) is 0 Å². The van der Waals surface area contributed by atoms with Gasteiger partial charge in [0.2, 0.25) is 0 Å². The zero-order valence-corrected chi connectivity index (χ0v) is 12.6. The Balaban J connectivity index is 2.29. The minimum absolute atomic E-state index is 0.190. The van der Waals surface area contributed by atoms with Crippen LogP contribution in [-0.2, 0) is 0 Å². The van der Waals surface area contributed by atoms with E-state index < -0.39 is 5.97 Å². The molecule has 1 N–H and O–H groups in total. The van der Waals surface area contributed by atoms with Gasteiger partial charge in [0.1, 0.15) is 5.56 Å². The third-order valence-electron chi connectivity index (χ3n) is 3.76. The molecular weight excluding hydrogens is 252 g/mol. The standard InChI is InChI=1S/C16H22N2O2/c1-11-9-14(13(10-17-11)15(19)20)18-7-5-12(6-8-18)16(2,3)4/h5,9-10H,6-8H2,1-4H3,(H,19,20). The molecule has 0 saturated carbocycles. The van der Waals surface area contributed by atoms with Crippen LogP contribution in [0.3, 0.4) is 0 Å². The van der Waals surface area contributed by atoms with Crippen molar-refractivity contribution in [2.24, 2.45) is 5.41 Å². The van der Waals surface area contributed by atoms with Gasteiger partial charge in [-0.3, -0.25) is 4.98 Å². The van der Waals surface area contributed by atoms with Gasteiger partial charge in [0.05, 0.1) is 5.69 Å². The summed E-state index contributed by atoms with van der Waals surface area (Å²) < 4.78 is 0. The van der Waals surface area contributed by atoms with Crippen LogP contribution in [-0.4, -0.2) is 29.1 Å². The number of aromatic carboxylic acids is 1. The number of nitrogens with zero attached hydrogens (tertiary/aromatic N) is 2. The molecule has 2 rings (SSSR count). The molecule has 0 fully saturated rings. The molecule has 4 heteroatoms. The highest BCUT2D eigenvalue weighted by molar-refractivity contribution is 5.94. The zero-order chi connectivity index (χ0) is 14.9. The van der Waals surface area contributed by atoms with Gasteiger partial charge >= 0.3 is 5.97 Å². The Hall–Kier alpha value is -1.84. The molecule has 0 spiro atoms. The van der Waals surface area contributed by atoms with Gasteiger partial charge in [-0.2, -0.15) is 0 Å². The summed E-state index contributed by atoms with van der Waals surface area (Å²) >= 11 is 0. The molecule has 4 nitrogen and oxygen atoms in total. The van der Waals surface area contributed by atoms with Crippen LogP contribution in [0.15, 0.2) is 23.9 Å². The lowest BCUT2D eigenvalue weighted by Crippen LogP contribution is -2.32. The van der Waals surface area contributed by atoms with Gasteiger partial charge in [0.15, 0.2) is 0 Å². The summed E-state index contributed by atoms with van der Waals surface area (Å²) in [6.45, 7) is 10.1. The van der Waals surface area contributed by atoms with Crippen molar-refractivity contribution in [3.05, 3.63) is 35.2 Å². The predicted molar refractivity (Wildman–Crippen MR) is 80.3 cm³/mol. The molecule has 20 heavy (non-hydrogen) atoms. The van der Waals surface area contributed by atoms with Crippen molar-refractivity contribution in [1.29, 1.82) is 0 Å². The van der Waals surface area contributed by atoms with E-state index in [1.165, 1.54) is 11.8 Å². The second kappa shape index (κ2) is 5.27. The van der Waals surface area contributed by atoms with Gasteiger partial charge in [-0.15, -0.1) is 0 Å².